The molecule has 0 fully saturated rings. The minimum absolute atomic E-state index is 0.204. The maximum absolute atomic E-state index is 12.2. The lowest BCUT2D eigenvalue weighted by atomic mass is 9.98. The van der Waals surface area contributed by atoms with Gasteiger partial charge in [0.25, 0.3) is 5.89 Å². The summed E-state index contributed by atoms with van der Waals surface area (Å²) in [6.07, 6.45) is -0.689. The molecule has 3 aromatic rings. The molecule has 0 unspecified atom stereocenters. The third-order valence-electron chi connectivity index (χ3n) is 4.65. The Morgan fingerprint density at radius 3 is 2.37 bits per heavy atom. The van der Waals surface area contributed by atoms with Crippen molar-refractivity contribution in [1.82, 2.24) is 10.2 Å². The predicted molar refractivity (Wildman–Crippen MR) is 112 cm³/mol. The van der Waals surface area contributed by atoms with Gasteiger partial charge in [-0.25, -0.2) is 4.79 Å². The summed E-state index contributed by atoms with van der Waals surface area (Å²) in [5.74, 6) is 1.83. The molecule has 1 atom stereocenters. The van der Waals surface area contributed by atoms with Crippen molar-refractivity contribution in [3.05, 3.63) is 59.5 Å². The molecular weight excluding hydrogens is 384 g/mol. The highest BCUT2D eigenvalue weighted by atomic mass is 16.6. The van der Waals surface area contributed by atoms with Crippen LogP contribution in [0.1, 0.15) is 49.8 Å². The smallest absolute Gasteiger partial charge is 0.344 e. The summed E-state index contributed by atoms with van der Waals surface area (Å²) in [5.41, 5.74) is 3.13. The molecule has 2 aromatic carbocycles. The molecule has 0 amide bonds. The number of hydrogen-bond donors (Lipinski definition) is 0. The topological polar surface area (TPSA) is 83.7 Å². The number of hydrogen-bond acceptors (Lipinski definition) is 7. The largest absolute Gasteiger partial charge is 0.497 e. The van der Waals surface area contributed by atoms with Crippen LogP contribution in [0.4, 0.5) is 0 Å². The van der Waals surface area contributed by atoms with Crippen LogP contribution in [0, 0.1) is 6.92 Å². The number of esters is 1. The lowest BCUT2D eigenvalue weighted by Gasteiger charge is -2.13. The van der Waals surface area contributed by atoms with Gasteiger partial charge in [0.2, 0.25) is 5.89 Å². The predicted octanol–water partition coefficient (Wildman–Crippen LogP) is 4.86. The summed E-state index contributed by atoms with van der Waals surface area (Å²) >= 11 is 0. The molecule has 0 aliphatic heterocycles. The van der Waals surface area contributed by atoms with Crippen molar-refractivity contribution in [2.75, 3.05) is 13.7 Å². The first-order valence-corrected chi connectivity index (χ1v) is 9.78. The van der Waals surface area contributed by atoms with Crippen molar-refractivity contribution in [3.63, 3.8) is 0 Å². The molecule has 0 aliphatic carbocycles. The summed E-state index contributed by atoms with van der Waals surface area (Å²) in [7, 11) is 1.60. The van der Waals surface area contributed by atoms with Gasteiger partial charge in [0.15, 0.2) is 12.7 Å². The van der Waals surface area contributed by atoms with Crippen LogP contribution in [0.25, 0.3) is 11.5 Å². The van der Waals surface area contributed by atoms with Crippen LogP contribution < -0.4 is 9.47 Å². The molecule has 0 bridgehead atoms. The van der Waals surface area contributed by atoms with Crippen molar-refractivity contribution in [1.29, 1.82) is 0 Å². The van der Waals surface area contributed by atoms with E-state index in [1.165, 1.54) is 5.56 Å². The second-order valence-corrected chi connectivity index (χ2v) is 7.27. The van der Waals surface area contributed by atoms with Gasteiger partial charge in [0.1, 0.15) is 11.5 Å². The number of rotatable bonds is 8. The van der Waals surface area contributed by atoms with Crippen molar-refractivity contribution in [3.8, 4) is 23.0 Å². The summed E-state index contributed by atoms with van der Waals surface area (Å²) < 4.78 is 21.7. The highest BCUT2D eigenvalue weighted by molar-refractivity contribution is 5.71. The van der Waals surface area contributed by atoms with E-state index in [0.29, 0.717) is 17.6 Å². The summed E-state index contributed by atoms with van der Waals surface area (Å²) in [5, 5.41) is 7.99. The van der Waals surface area contributed by atoms with Crippen LogP contribution in [0.3, 0.4) is 0 Å². The second kappa shape index (κ2) is 9.43. The Labute approximate surface area is 176 Å². The first-order valence-electron chi connectivity index (χ1n) is 9.78. The van der Waals surface area contributed by atoms with Crippen LogP contribution >= 0.6 is 0 Å². The van der Waals surface area contributed by atoms with E-state index in [4.69, 9.17) is 18.6 Å². The fraction of sp³-hybridized carbons (Fsp3) is 0.348. The molecule has 0 saturated carbocycles. The monoisotopic (exact) mass is 410 g/mol. The van der Waals surface area contributed by atoms with E-state index >= 15 is 0 Å². The molecule has 3 rings (SSSR count). The van der Waals surface area contributed by atoms with E-state index in [1.807, 2.05) is 37.3 Å². The fourth-order valence-corrected chi connectivity index (χ4v) is 3.06. The van der Waals surface area contributed by atoms with Crippen molar-refractivity contribution in [2.45, 2.75) is 39.7 Å². The molecule has 158 valence electrons. The Hall–Kier alpha value is -3.35. The normalized spacial score (nSPS) is 11.9. The lowest BCUT2D eigenvalue weighted by Crippen LogP contribution is -2.17. The molecule has 1 aromatic heterocycles. The zero-order chi connectivity index (χ0) is 21.7. The van der Waals surface area contributed by atoms with Gasteiger partial charge in [-0.15, -0.1) is 10.2 Å². The number of carbonyl (C=O) groups excluding carboxylic acids is 1. The Morgan fingerprint density at radius 2 is 1.73 bits per heavy atom. The highest BCUT2D eigenvalue weighted by Gasteiger charge is 2.19. The minimum Gasteiger partial charge on any atom is -0.497 e. The number of ether oxygens (including phenoxy) is 3. The molecule has 1 heterocycles. The van der Waals surface area contributed by atoms with E-state index in [0.717, 1.165) is 16.9 Å². The lowest BCUT2D eigenvalue weighted by molar-refractivity contribution is -0.152. The van der Waals surface area contributed by atoms with Gasteiger partial charge in [-0.05, 0) is 67.3 Å². The van der Waals surface area contributed by atoms with Crippen molar-refractivity contribution in [2.24, 2.45) is 0 Å². The average molecular weight is 410 g/mol. The van der Waals surface area contributed by atoms with Gasteiger partial charge in [-0.3, -0.25) is 0 Å². The van der Waals surface area contributed by atoms with Gasteiger partial charge < -0.3 is 18.6 Å². The number of methoxy groups -OCH3 is 1. The molecule has 7 nitrogen and oxygen atoms in total. The Balaban J connectivity index is 1.55. The van der Waals surface area contributed by atoms with Gasteiger partial charge in [0.05, 0.1) is 7.11 Å². The number of carbonyl (C=O) groups is 1. The maximum atomic E-state index is 12.2. The molecule has 7 heteroatoms. The number of benzene rings is 2. The summed E-state index contributed by atoms with van der Waals surface area (Å²) in [4.78, 5) is 12.2. The van der Waals surface area contributed by atoms with Gasteiger partial charge in [-0.1, -0.05) is 19.9 Å². The zero-order valence-electron chi connectivity index (χ0n) is 17.8. The number of aryl methyl sites for hydroxylation is 1. The van der Waals surface area contributed by atoms with Gasteiger partial charge in [0, 0.05) is 5.56 Å². The summed E-state index contributed by atoms with van der Waals surface area (Å²) in [6, 6.07) is 13.0. The first kappa shape index (κ1) is 21.4. The molecule has 0 N–H and O–H groups in total. The minimum atomic E-state index is -0.689. The average Bonchev–Trinajstić information content (AvgIpc) is 3.22. The number of aromatic nitrogens is 2. The van der Waals surface area contributed by atoms with E-state index in [-0.39, 0.29) is 12.5 Å². The van der Waals surface area contributed by atoms with Crippen LogP contribution in [-0.2, 0) is 9.53 Å². The van der Waals surface area contributed by atoms with Gasteiger partial charge >= 0.3 is 5.97 Å². The summed E-state index contributed by atoms with van der Waals surface area (Å²) in [6.45, 7) is 7.77. The third kappa shape index (κ3) is 5.17. The third-order valence-corrected chi connectivity index (χ3v) is 4.65. The van der Waals surface area contributed by atoms with Crippen LogP contribution in [0.2, 0.25) is 0 Å². The van der Waals surface area contributed by atoms with Crippen LogP contribution in [0.5, 0.6) is 11.5 Å². The first-order chi connectivity index (χ1) is 14.4. The standard InChI is InChI=1S/C23H26N2O5/c1-14(2)20-11-10-19(12-15(20)3)28-13-21(26)29-16(4)22-24-25-23(30-22)17-6-8-18(27-5)9-7-17/h6-12,14,16H,13H2,1-5H3/t16-/m1/s1. The Bertz CT molecular complexity index is 995. The quantitative estimate of drug-likeness (QED) is 0.490. The highest BCUT2D eigenvalue weighted by Crippen LogP contribution is 2.25. The van der Waals surface area contributed by atoms with Crippen molar-refractivity contribution >= 4 is 5.97 Å². The Morgan fingerprint density at radius 1 is 1.03 bits per heavy atom. The van der Waals surface area contributed by atoms with E-state index < -0.39 is 12.1 Å². The zero-order valence-corrected chi connectivity index (χ0v) is 17.8. The molecule has 30 heavy (non-hydrogen) atoms. The van der Waals surface area contributed by atoms with E-state index in [1.54, 1.807) is 26.2 Å². The van der Waals surface area contributed by atoms with Crippen LogP contribution in [-0.4, -0.2) is 29.9 Å². The second-order valence-electron chi connectivity index (χ2n) is 7.27. The SMILES string of the molecule is COc1ccc(-c2nnc([C@@H](C)OC(=O)COc3ccc(C(C)C)c(C)c3)o2)cc1. The van der Waals surface area contributed by atoms with E-state index in [9.17, 15) is 4.79 Å². The molecule has 0 aliphatic rings. The number of nitrogens with zero attached hydrogens (tertiary/aromatic N) is 2. The van der Waals surface area contributed by atoms with E-state index in [2.05, 4.69) is 24.0 Å². The molecule has 0 spiro atoms. The fourth-order valence-electron chi connectivity index (χ4n) is 3.06. The maximum Gasteiger partial charge on any atom is 0.344 e. The molecule has 0 saturated heterocycles. The van der Waals surface area contributed by atoms with Gasteiger partial charge in [-0.2, -0.15) is 0 Å². The molecule has 0 radical (unpaired) electrons. The molecular formula is C23H26N2O5. The van der Waals surface area contributed by atoms with Crippen molar-refractivity contribution < 1.29 is 23.4 Å². The van der Waals surface area contributed by atoms with Crippen LogP contribution in [0.15, 0.2) is 46.9 Å². The Kier molecular flexibility index (Phi) is 6.72.